The summed E-state index contributed by atoms with van der Waals surface area (Å²) in [6.07, 6.45) is 2.17. The summed E-state index contributed by atoms with van der Waals surface area (Å²) in [6, 6.07) is 0. The van der Waals surface area contributed by atoms with Crippen LogP contribution in [0.5, 0.6) is 0 Å². The Bertz CT molecular complexity index is 528. The molecule has 19 heavy (non-hydrogen) atoms. The van der Waals surface area contributed by atoms with Gasteiger partial charge in [-0.25, -0.2) is 23.1 Å². The highest BCUT2D eigenvalue weighted by Gasteiger charge is 2.18. The van der Waals surface area contributed by atoms with Crippen LogP contribution in [0, 0.1) is 0 Å². The van der Waals surface area contributed by atoms with Gasteiger partial charge in [-0.15, -0.1) is 0 Å². The molecule has 106 valence electrons. The van der Waals surface area contributed by atoms with Gasteiger partial charge in [-0.1, -0.05) is 0 Å². The summed E-state index contributed by atoms with van der Waals surface area (Å²) in [5.74, 6) is -0.288. The van der Waals surface area contributed by atoms with Crippen LogP contribution in [0.15, 0.2) is 17.3 Å². The van der Waals surface area contributed by atoms with E-state index in [9.17, 15) is 13.2 Å². The summed E-state index contributed by atoms with van der Waals surface area (Å²) < 4.78 is 25.9. The van der Waals surface area contributed by atoms with Crippen LogP contribution in [0.4, 0.5) is 0 Å². The van der Waals surface area contributed by atoms with Gasteiger partial charge in [0.1, 0.15) is 4.90 Å². The molecule has 0 aliphatic rings. The summed E-state index contributed by atoms with van der Waals surface area (Å²) in [5.41, 5.74) is 0. The molecule has 0 bridgehead atoms. The number of nitrogens with one attached hydrogen (secondary N) is 1. The van der Waals surface area contributed by atoms with E-state index in [1.807, 2.05) is 13.8 Å². The summed E-state index contributed by atoms with van der Waals surface area (Å²) in [5, 5.41) is -0.0434. The van der Waals surface area contributed by atoms with Gasteiger partial charge in [0.2, 0.25) is 21.2 Å². The lowest BCUT2D eigenvalue weighted by molar-refractivity contribution is -0.129. The molecule has 0 atom stereocenters. The molecule has 0 saturated carbocycles. The molecule has 1 N–H and O–H groups in total. The van der Waals surface area contributed by atoms with E-state index in [1.54, 1.807) is 0 Å². The first-order valence-corrected chi connectivity index (χ1v) is 7.51. The molecule has 1 aromatic rings. The van der Waals surface area contributed by atoms with Crippen molar-refractivity contribution in [2.45, 2.75) is 18.7 Å². The van der Waals surface area contributed by atoms with Crippen LogP contribution < -0.4 is 4.72 Å². The number of rotatable bonds is 6. The Hall–Kier alpha value is -1.25. The Balaban J connectivity index is 2.71. The number of halogens is 1. The van der Waals surface area contributed by atoms with Crippen LogP contribution in [-0.2, 0) is 14.8 Å². The lowest BCUT2D eigenvalue weighted by Crippen LogP contribution is -2.40. The minimum absolute atomic E-state index is 0.0434. The number of nitrogens with zero attached hydrogens (tertiary/aromatic N) is 3. The predicted molar refractivity (Wildman–Crippen MR) is 70.2 cm³/mol. The summed E-state index contributed by atoms with van der Waals surface area (Å²) in [6.45, 7) is 4.40. The van der Waals surface area contributed by atoms with Crippen LogP contribution in [-0.4, -0.2) is 48.8 Å². The molecule has 7 nitrogen and oxygen atoms in total. The Morgan fingerprint density at radius 1 is 1.32 bits per heavy atom. The maximum atomic E-state index is 11.8. The smallest absolute Gasteiger partial charge is 0.244 e. The molecule has 1 amide bonds. The third kappa shape index (κ3) is 4.41. The summed E-state index contributed by atoms with van der Waals surface area (Å²) in [4.78, 5) is 20.2. The quantitative estimate of drug-likeness (QED) is 0.762. The van der Waals surface area contributed by atoms with E-state index in [2.05, 4.69) is 14.7 Å². The fraction of sp³-hybridized carbons (Fsp3) is 0.500. The fourth-order valence-corrected chi connectivity index (χ4v) is 2.33. The van der Waals surface area contributed by atoms with E-state index in [4.69, 9.17) is 11.6 Å². The van der Waals surface area contributed by atoms with Crippen molar-refractivity contribution in [3.8, 4) is 0 Å². The Kier molecular flexibility index (Phi) is 5.64. The SMILES string of the molecule is CCN(CC)C(=O)CNS(=O)(=O)c1cnc(Cl)nc1. The highest BCUT2D eigenvalue weighted by atomic mass is 35.5. The third-order valence-electron chi connectivity index (χ3n) is 2.44. The lowest BCUT2D eigenvalue weighted by atomic mass is 10.4. The molecule has 0 unspecified atom stereocenters. The monoisotopic (exact) mass is 306 g/mol. The zero-order valence-electron chi connectivity index (χ0n) is 10.6. The summed E-state index contributed by atoms with van der Waals surface area (Å²) in [7, 11) is -3.80. The van der Waals surface area contributed by atoms with E-state index in [0.29, 0.717) is 13.1 Å². The van der Waals surface area contributed by atoms with Gasteiger partial charge < -0.3 is 4.90 Å². The number of aromatic nitrogens is 2. The molecule has 0 aromatic carbocycles. The van der Waals surface area contributed by atoms with Crippen molar-refractivity contribution >= 4 is 27.5 Å². The molecule has 0 aliphatic carbocycles. The van der Waals surface area contributed by atoms with Crippen LogP contribution in [0.1, 0.15) is 13.8 Å². The van der Waals surface area contributed by atoms with Crippen molar-refractivity contribution in [3.63, 3.8) is 0 Å². The first kappa shape index (κ1) is 15.8. The fourth-order valence-electron chi connectivity index (χ4n) is 1.37. The second kappa shape index (κ2) is 6.78. The average molecular weight is 307 g/mol. The number of sulfonamides is 1. The molecule has 1 rings (SSSR count). The zero-order chi connectivity index (χ0) is 14.5. The highest BCUT2D eigenvalue weighted by Crippen LogP contribution is 2.07. The van der Waals surface area contributed by atoms with Gasteiger partial charge in [-0.2, -0.15) is 0 Å². The number of hydrogen-bond acceptors (Lipinski definition) is 5. The standard InChI is InChI=1S/C10H15ClN4O3S/c1-3-15(4-2)9(16)7-14-19(17,18)8-5-12-10(11)13-6-8/h5-6,14H,3-4,7H2,1-2H3. The molecule has 1 heterocycles. The topological polar surface area (TPSA) is 92.3 Å². The van der Waals surface area contributed by atoms with Gasteiger partial charge in [0.25, 0.3) is 0 Å². The zero-order valence-corrected chi connectivity index (χ0v) is 12.2. The van der Waals surface area contributed by atoms with Crippen molar-refractivity contribution in [3.05, 3.63) is 17.7 Å². The number of hydrogen-bond donors (Lipinski definition) is 1. The van der Waals surface area contributed by atoms with Gasteiger partial charge >= 0.3 is 0 Å². The van der Waals surface area contributed by atoms with E-state index in [1.165, 1.54) is 4.90 Å². The maximum absolute atomic E-state index is 11.8. The second-order valence-electron chi connectivity index (χ2n) is 3.58. The molecule has 0 spiro atoms. The largest absolute Gasteiger partial charge is 0.342 e. The van der Waals surface area contributed by atoms with Gasteiger partial charge in [0.05, 0.1) is 18.9 Å². The van der Waals surface area contributed by atoms with Gasteiger partial charge in [-0.05, 0) is 25.4 Å². The summed E-state index contributed by atoms with van der Waals surface area (Å²) >= 11 is 5.47. The van der Waals surface area contributed by atoms with Crippen LogP contribution in [0.2, 0.25) is 5.28 Å². The predicted octanol–water partition coefficient (Wildman–Crippen LogP) is 0.277. The number of amides is 1. The van der Waals surface area contributed by atoms with Crippen molar-refractivity contribution in [2.75, 3.05) is 19.6 Å². The number of carbonyl (C=O) groups is 1. The van der Waals surface area contributed by atoms with Crippen molar-refractivity contribution in [2.24, 2.45) is 0 Å². The highest BCUT2D eigenvalue weighted by molar-refractivity contribution is 7.89. The van der Waals surface area contributed by atoms with Crippen molar-refractivity contribution < 1.29 is 13.2 Å². The maximum Gasteiger partial charge on any atom is 0.244 e. The van der Waals surface area contributed by atoms with Crippen LogP contribution in [0.3, 0.4) is 0 Å². The molecule has 1 aromatic heterocycles. The Labute approximate surface area is 117 Å². The van der Waals surface area contributed by atoms with Crippen molar-refractivity contribution in [1.82, 2.24) is 19.6 Å². The van der Waals surface area contributed by atoms with E-state index >= 15 is 0 Å². The molecule has 0 aliphatic heterocycles. The molecule has 0 fully saturated rings. The van der Waals surface area contributed by atoms with E-state index < -0.39 is 10.0 Å². The molecule has 0 saturated heterocycles. The van der Waals surface area contributed by atoms with Gasteiger partial charge in [-0.3, -0.25) is 4.79 Å². The first-order valence-electron chi connectivity index (χ1n) is 5.65. The van der Waals surface area contributed by atoms with Crippen LogP contribution >= 0.6 is 11.6 Å². The van der Waals surface area contributed by atoms with Gasteiger partial charge in [0.15, 0.2) is 0 Å². The molecular formula is C10H15ClN4O3S. The molecular weight excluding hydrogens is 292 g/mol. The Morgan fingerprint density at radius 3 is 2.32 bits per heavy atom. The first-order chi connectivity index (χ1) is 8.90. The van der Waals surface area contributed by atoms with E-state index in [0.717, 1.165) is 12.4 Å². The minimum atomic E-state index is -3.80. The average Bonchev–Trinajstić information content (AvgIpc) is 2.38. The number of likely N-dealkylation sites (N-methyl/N-ethyl adjacent to an activating group) is 1. The minimum Gasteiger partial charge on any atom is -0.342 e. The van der Waals surface area contributed by atoms with E-state index in [-0.39, 0.29) is 22.6 Å². The number of carbonyl (C=O) groups excluding carboxylic acids is 1. The van der Waals surface area contributed by atoms with Gasteiger partial charge in [0, 0.05) is 13.1 Å². The Morgan fingerprint density at radius 2 is 1.84 bits per heavy atom. The molecule has 0 radical (unpaired) electrons. The van der Waals surface area contributed by atoms with Crippen LogP contribution in [0.25, 0.3) is 0 Å². The third-order valence-corrected chi connectivity index (χ3v) is 3.99. The van der Waals surface area contributed by atoms with Crippen molar-refractivity contribution in [1.29, 1.82) is 0 Å². The second-order valence-corrected chi connectivity index (χ2v) is 5.68. The lowest BCUT2D eigenvalue weighted by Gasteiger charge is -2.18. The normalized spacial score (nSPS) is 11.3. The molecule has 9 heteroatoms.